The van der Waals surface area contributed by atoms with Gasteiger partial charge in [0.05, 0.1) is 0 Å². The summed E-state index contributed by atoms with van der Waals surface area (Å²) in [5.41, 5.74) is 3.27. The number of unbranched alkanes of at least 4 members (excludes halogenated alkanes) is 6. The summed E-state index contributed by atoms with van der Waals surface area (Å²) in [5, 5.41) is 0. The highest BCUT2D eigenvalue weighted by Gasteiger charge is 1.81. The lowest BCUT2D eigenvalue weighted by Gasteiger charge is -1.91. The minimum absolute atomic E-state index is 0.994. The number of allylic oxidation sites excluding steroid dienone is 9. The van der Waals surface area contributed by atoms with E-state index in [2.05, 4.69) is 80.3 Å². The molecule has 0 saturated heterocycles. The number of hydrogen-bond donors (Lipinski definition) is 0. The lowest BCUT2D eigenvalue weighted by molar-refractivity contribution is 0.728. The van der Waals surface area contributed by atoms with Crippen LogP contribution in [0.15, 0.2) is 66.5 Å². The quantitative estimate of drug-likeness (QED) is 0.161. The van der Waals surface area contributed by atoms with Crippen molar-refractivity contribution in [2.24, 2.45) is 0 Å². The fraction of sp³-hybridized carbons (Fsp3) is 0.542. The second kappa shape index (κ2) is 21.5. The highest BCUT2D eigenvalue weighted by molar-refractivity contribution is 4.95. The molecular weight excluding hydrogens is 288 g/mol. The van der Waals surface area contributed by atoms with Crippen LogP contribution in [0, 0.1) is 0 Å². The van der Waals surface area contributed by atoms with Crippen LogP contribution in [0.1, 0.15) is 84.5 Å². The van der Waals surface area contributed by atoms with E-state index in [1.165, 1.54) is 25.7 Å². The Morgan fingerprint density at radius 3 is 1.83 bits per heavy atom. The second-order valence-electron chi connectivity index (χ2n) is 6.02. The van der Waals surface area contributed by atoms with Crippen LogP contribution in [0.4, 0.5) is 0 Å². The van der Waals surface area contributed by atoms with Crippen molar-refractivity contribution in [1.29, 1.82) is 0 Å². The largest absolute Gasteiger partial charge is 0.129 e. The zero-order valence-corrected chi connectivity index (χ0v) is 16.1. The van der Waals surface area contributed by atoms with Crippen molar-refractivity contribution in [2.75, 3.05) is 0 Å². The zero-order valence-electron chi connectivity index (χ0n) is 16.1. The van der Waals surface area contributed by atoms with Gasteiger partial charge in [0.15, 0.2) is 0 Å². The van der Waals surface area contributed by atoms with Gasteiger partial charge >= 0.3 is 0 Å². The van der Waals surface area contributed by atoms with E-state index in [4.69, 9.17) is 0 Å². The van der Waals surface area contributed by atoms with Crippen LogP contribution in [-0.4, -0.2) is 0 Å². The number of rotatable bonds is 15. The van der Waals surface area contributed by atoms with Crippen molar-refractivity contribution in [3.63, 3.8) is 0 Å². The molecule has 0 aliphatic rings. The van der Waals surface area contributed by atoms with Gasteiger partial charge in [-0.1, -0.05) is 68.4 Å². The molecule has 0 radical (unpaired) electrons. The van der Waals surface area contributed by atoms with Gasteiger partial charge in [0.2, 0.25) is 0 Å². The van der Waals surface area contributed by atoms with Crippen molar-refractivity contribution in [2.45, 2.75) is 84.5 Å². The first-order chi connectivity index (χ1) is 11.9. The Bertz CT molecular complexity index is 411. The van der Waals surface area contributed by atoms with Crippen molar-refractivity contribution in [1.82, 2.24) is 0 Å². The highest BCUT2D eigenvalue weighted by Crippen LogP contribution is 2.01. The molecule has 0 saturated carbocycles. The third kappa shape index (κ3) is 20.5. The van der Waals surface area contributed by atoms with Crippen LogP contribution >= 0.6 is 0 Å². The summed E-state index contributed by atoms with van der Waals surface area (Å²) in [5.74, 6) is 0. The van der Waals surface area contributed by atoms with Crippen molar-refractivity contribution >= 4 is 0 Å². The van der Waals surface area contributed by atoms with Gasteiger partial charge in [0.1, 0.15) is 0 Å². The topological polar surface area (TPSA) is 0 Å². The van der Waals surface area contributed by atoms with Gasteiger partial charge in [0, 0.05) is 0 Å². The minimum atomic E-state index is 0.994. The van der Waals surface area contributed by atoms with Crippen molar-refractivity contribution < 1.29 is 0 Å². The minimum Gasteiger partial charge on any atom is -0.129 e. The fourth-order valence-electron chi connectivity index (χ4n) is 2.23. The molecule has 0 bridgehead atoms. The lowest BCUT2D eigenvalue weighted by Crippen LogP contribution is -1.71. The Kier molecular flexibility index (Phi) is 20.1. The molecule has 0 heteroatoms. The second-order valence-corrected chi connectivity index (χ2v) is 6.02. The van der Waals surface area contributed by atoms with E-state index in [1.807, 2.05) is 0 Å². The average Bonchev–Trinajstić information content (AvgIpc) is 2.60. The van der Waals surface area contributed by atoms with Gasteiger partial charge in [-0.15, -0.1) is 5.73 Å². The molecule has 0 heterocycles. The molecular formula is C24H38. The molecule has 0 amide bonds. The normalized spacial score (nSPS) is 11.9. The molecule has 0 unspecified atom stereocenters. The Hall–Kier alpha value is -1.52. The Morgan fingerprint density at radius 1 is 0.583 bits per heavy atom. The van der Waals surface area contributed by atoms with E-state index in [0.717, 1.165) is 44.9 Å². The molecule has 0 aliphatic carbocycles. The Balaban J connectivity index is 3.46. The van der Waals surface area contributed by atoms with E-state index in [0.29, 0.717) is 0 Å². The van der Waals surface area contributed by atoms with Gasteiger partial charge in [-0.3, -0.25) is 0 Å². The highest BCUT2D eigenvalue weighted by atomic mass is 13.9. The molecule has 0 aromatic rings. The summed E-state index contributed by atoms with van der Waals surface area (Å²) in [6.07, 6.45) is 35.4. The maximum absolute atomic E-state index is 3.27. The van der Waals surface area contributed by atoms with Crippen molar-refractivity contribution in [3.8, 4) is 0 Å². The molecule has 0 N–H and O–H groups in total. The van der Waals surface area contributed by atoms with Gasteiger partial charge in [0.25, 0.3) is 0 Å². The van der Waals surface area contributed by atoms with E-state index in [1.54, 1.807) is 0 Å². The van der Waals surface area contributed by atoms with E-state index in [-0.39, 0.29) is 0 Å². The van der Waals surface area contributed by atoms with Gasteiger partial charge in [-0.05, 0) is 76.9 Å². The third-order valence-corrected chi connectivity index (χ3v) is 3.68. The summed E-state index contributed by atoms with van der Waals surface area (Å²) in [7, 11) is 0. The Labute approximate surface area is 151 Å². The molecule has 0 fully saturated rings. The van der Waals surface area contributed by atoms with E-state index >= 15 is 0 Å². The maximum atomic E-state index is 3.27. The van der Waals surface area contributed by atoms with Crippen LogP contribution in [-0.2, 0) is 0 Å². The number of hydrogen-bond acceptors (Lipinski definition) is 0. The molecule has 24 heavy (non-hydrogen) atoms. The smallest absolute Gasteiger partial charge is 0.00930 e. The van der Waals surface area contributed by atoms with E-state index in [9.17, 15) is 0 Å². The lowest BCUT2D eigenvalue weighted by atomic mass is 10.2. The molecule has 0 aliphatic heterocycles. The molecule has 0 rings (SSSR count). The van der Waals surface area contributed by atoms with Crippen LogP contribution < -0.4 is 0 Å². The predicted molar refractivity (Wildman–Crippen MR) is 111 cm³/mol. The zero-order chi connectivity index (χ0) is 17.6. The Morgan fingerprint density at radius 2 is 1.17 bits per heavy atom. The standard InChI is InChI=1S/C24H38/c1-3-5-7-9-11-13-15-17-19-21-23-24-22-20-18-16-14-12-10-8-6-4-2/h3,5,11-14,19-21,24H,4,6-10,15-18,23H2,1-2H3/b5-3+,13-11+,14-12+,21-19+. The summed E-state index contributed by atoms with van der Waals surface area (Å²) < 4.78 is 0. The molecule has 134 valence electrons. The first-order valence-electron chi connectivity index (χ1n) is 9.87. The molecule has 0 spiro atoms. The summed E-state index contributed by atoms with van der Waals surface area (Å²) in [6.45, 7) is 4.32. The third-order valence-electron chi connectivity index (χ3n) is 3.68. The van der Waals surface area contributed by atoms with E-state index < -0.39 is 0 Å². The van der Waals surface area contributed by atoms with Gasteiger partial charge in [-0.2, -0.15) is 0 Å². The first-order valence-corrected chi connectivity index (χ1v) is 9.87. The van der Waals surface area contributed by atoms with Crippen LogP contribution in [0.5, 0.6) is 0 Å². The molecule has 0 atom stereocenters. The fourth-order valence-corrected chi connectivity index (χ4v) is 2.23. The molecule has 0 nitrogen and oxygen atoms in total. The summed E-state index contributed by atoms with van der Waals surface area (Å²) in [6, 6.07) is 0. The van der Waals surface area contributed by atoms with Crippen LogP contribution in [0.3, 0.4) is 0 Å². The predicted octanol–water partition coefficient (Wildman–Crippen LogP) is 8.25. The monoisotopic (exact) mass is 326 g/mol. The molecule has 0 aromatic carbocycles. The SMILES string of the molecule is C/C=C/CC/C=C/CC/C=C/CC=C=CCC/C=C/CCCCC. The molecule has 0 aromatic heterocycles. The summed E-state index contributed by atoms with van der Waals surface area (Å²) in [4.78, 5) is 0. The van der Waals surface area contributed by atoms with Crippen molar-refractivity contribution in [3.05, 3.63) is 66.5 Å². The van der Waals surface area contributed by atoms with Gasteiger partial charge in [-0.25, -0.2) is 0 Å². The van der Waals surface area contributed by atoms with Crippen LogP contribution in [0.2, 0.25) is 0 Å². The van der Waals surface area contributed by atoms with Gasteiger partial charge < -0.3 is 0 Å². The van der Waals surface area contributed by atoms with Crippen LogP contribution in [0.25, 0.3) is 0 Å². The maximum Gasteiger partial charge on any atom is -0.00930 e. The first kappa shape index (κ1) is 22.5. The summed E-state index contributed by atoms with van der Waals surface area (Å²) >= 11 is 0. The average molecular weight is 327 g/mol.